The van der Waals surface area contributed by atoms with Gasteiger partial charge in [0.2, 0.25) is 6.79 Å². The molecule has 1 heterocycles. The average Bonchev–Trinajstić information content (AvgIpc) is 2.73. The van der Waals surface area contributed by atoms with E-state index >= 15 is 0 Å². The lowest BCUT2D eigenvalue weighted by molar-refractivity contribution is 0.0992. The summed E-state index contributed by atoms with van der Waals surface area (Å²) in [5.74, 6) is 1.38. The van der Waals surface area contributed by atoms with E-state index in [1.165, 1.54) is 0 Å². The molecule has 16 heavy (non-hydrogen) atoms. The fourth-order valence-corrected chi connectivity index (χ4v) is 2.23. The van der Waals surface area contributed by atoms with Crippen molar-refractivity contribution in [2.75, 3.05) is 20.4 Å². The summed E-state index contributed by atoms with van der Waals surface area (Å²) in [4.78, 5) is 11.8. The van der Waals surface area contributed by atoms with E-state index in [1.54, 1.807) is 13.1 Å². The molecule has 0 aromatic heterocycles. The zero-order chi connectivity index (χ0) is 11.7. The predicted molar refractivity (Wildman–Crippen MR) is 63.3 cm³/mol. The normalized spacial score (nSPS) is 12.9. The predicted octanol–water partition coefficient (Wildman–Crippen LogP) is 1.89. The van der Waals surface area contributed by atoms with Gasteiger partial charge in [-0.3, -0.25) is 4.79 Å². The van der Waals surface area contributed by atoms with Crippen LogP contribution in [0.3, 0.4) is 0 Å². The van der Waals surface area contributed by atoms with Gasteiger partial charge in [0.15, 0.2) is 17.3 Å². The van der Waals surface area contributed by atoms with Crippen molar-refractivity contribution in [1.29, 1.82) is 0 Å². The first kappa shape index (κ1) is 11.4. The molecule has 0 saturated heterocycles. The molecule has 1 aliphatic heterocycles. The minimum atomic E-state index is 0.0407. The third kappa shape index (κ3) is 1.81. The molecule has 0 unspecified atom stereocenters. The van der Waals surface area contributed by atoms with E-state index in [2.05, 4.69) is 21.2 Å². The van der Waals surface area contributed by atoms with Gasteiger partial charge in [0.05, 0.1) is 11.0 Å². The molecule has 0 atom stereocenters. The van der Waals surface area contributed by atoms with E-state index in [1.807, 2.05) is 6.92 Å². The fraction of sp³-hybridized carbons (Fsp3) is 0.364. The van der Waals surface area contributed by atoms with Crippen LogP contribution in [-0.4, -0.2) is 26.2 Å². The third-order valence-corrected chi connectivity index (χ3v) is 3.07. The lowest BCUT2D eigenvalue weighted by atomic mass is 10.0. The molecule has 1 N–H and O–H groups in total. The zero-order valence-electron chi connectivity index (χ0n) is 9.09. The van der Waals surface area contributed by atoms with E-state index < -0.39 is 0 Å². The quantitative estimate of drug-likeness (QED) is 0.862. The molecule has 0 amide bonds. The first-order chi connectivity index (χ1) is 7.65. The maximum absolute atomic E-state index is 11.8. The maximum Gasteiger partial charge on any atom is 0.231 e. The molecule has 0 saturated carbocycles. The number of carbonyl (C=O) groups is 1. The number of hydrogen-bond donors (Lipinski definition) is 1. The molecule has 4 nitrogen and oxygen atoms in total. The standard InChI is InChI=1S/C11H12BrNO3/c1-6-7(9(14)4-13-2)3-8(12)11-10(6)15-5-16-11/h3,13H,4-5H2,1-2H3. The van der Waals surface area contributed by atoms with Crippen LogP contribution in [-0.2, 0) is 0 Å². The summed E-state index contributed by atoms with van der Waals surface area (Å²) in [5, 5.41) is 2.84. The number of hydrogen-bond acceptors (Lipinski definition) is 4. The highest BCUT2D eigenvalue weighted by atomic mass is 79.9. The van der Waals surface area contributed by atoms with Gasteiger partial charge >= 0.3 is 0 Å². The summed E-state index contributed by atoms with van der Waals surface area (Å²) in [6.45, 7) is 2.38. The lowest BCUT2D eigenvalue weighted by Crippen LogP contribution is -2.19. The second kappa shape index (κ2) is 4.43. The van der Waals surface area contributed by atoms with Crippen LogP contribution < -0.4 is 14.8 Å². The summed E-state index contributed by atoms with van der Waals surface area (Å²) in [6.07, 6.45) is 0. The Morgan fingerprint density at radius 3 is 2.88 bits per heavy atom. The largest absolute Gasteiger partial charge is 0.453 e. The van der Waals surface area contributed by atoms with E-state index in [0.717, 1.165) is 10.0 Å². The molecule has 2 rings (SSSR count). The van der Waals surface area contributed by atoms with Gasteiger partial charge in [-0.1, -0.05) is 0 Å². The molecular formula is C11H12BrNO3. The van der Waals surface area contributed by atoms with Gasteiger partial charge in [0, 0.05) is 11.1 Å². The van der Waals surface area contributed by atoms with Crippen LogP contribution in [0.5, 0.6) is 11.5 Å². The lowest BCUT2D eigenvalue weighted by Gasteiger charge is -2.09. The number of rotatable bonds is 3. The summed E-state index contributed by atoms with van der Waals surface area (Å²) >= 11 is 3.37. The summed E-state index contributed by atoms with van der Waals surface area (Å²) in [6, 6.07) is 1.78. The fourth-order valence-electron chi connectivity index (χ4n) is 1.70. The number of fused-ring (bicyclic) bond motifs is 1. The Morgan fingerprint density at radius 2 is 2.19 bits per heavy atom. The van der Waals surface area contributed by atoms with Gasteiger partial charge in [0.1, 0.15) is 0 Å². The molecule has 0 aliphatic carbocycles. The van der Waals surface area contributed by atoms with Crippen molar-refractivity contribution in [2.24, 2.45) is 0 Å². The molecule has 1 aliphatic rings. The Balaban J connectivity index is 2.48. The van der Waals surface area contributed by atoms with Crippen LogP contribution in [0.4, 0.5) is 0 Å². The second-order valence-electron chi connectivity index (χ2n) is 3.55. The molecule has 0 bridgehead atoms. The second-order valence-corrected chi connectivity index (χ2v) is 4.40. The Hall–Kier alpha value is -1.07. The monoisotopic (exact) mass is 285 g/mol. The van der Waals surface area contributed by atoms with Crippen molar-refractivity contribution in [2.45, 2.75) is 6.92 Å². The van der Waals surface area contributed by atoms with Gasteiger partial charge < -0.3 is 14.8 Å². The minimum Gasteiger partial charge on any atom is -0.453 e. The van der Waals surface area contributed by atoms with Crippen molar-refractivity contribution in [3.05, 3.63) is 21.7 Å². The first-order valence-electron chi connectivity index (χ1n) is 4.91. The molecular weight excluding hydrogens is 274 g/mol. The van der Waals surface area contributed by atoms with Crippen molar-refractivity contribution in [1.82, 2.24) is 5.32 Å². The van der Waals surface area contributed by atoms with Gasteiger partial charge in [-0.05, 0) is 36.0 Å². The van der Waals surface area contributed by atoms with Crippen LogP contribution in [0.15, 0.2) is 10.5 Å². The number of carbonyl (C=O) groups excluding carboxylic acids is 1. The molecule has 5 heteroatoms. The number of halogens is 1. The molecule has 0 fully saturated rings. The molecule has 1 aromatic carbocycles. The number of ether oxygens (including phenoxy) is 2. The van der Waals surface area contributed by atoms with Gasteiger partial charge in [0.25, 0.3) is 0 Å². The van der Waals surface area contributed by atoms with Crippen LogP contribution >= 0.6 is 15.9 Å². The van der Waals surface area contributed by atoms with Crippen LogP contribution in [0.2, 0.25) is 0 Å². The van der Waals surface area contributed by atoms with Crippen LogP contribution in [0.25, 0.3) is 0 Å². The summed E-state index contributed by atoms with van der Waals surface area (Å²) in [5.41, 5.74) is 1.49. The Morgan fingerprint density at radius 1 is 1.50 bits per heavy atom. The van der Waals surface area contributed by atoms with Crippen molar-refractivity contribution < 1.29 is 14.3 Å². The van der Waals surface area contributed by atoms with E-state index in [-0.39, 0.29) is 12.6 Å². The Bertz CT molecular complexity index is 445. The molecule has 0 spiro atoms. The van der Waals surface area contributed by atoms with Gasteiger partial charge in [-0.15, -0.1) is 0 Å². The van der Waals surface area contributed by atoms with Crippen molar-refractivity contribution in [3.8, 4) is 11.5 Å². The maximum atomic E-state index is 11.8. The molecule has 86 valence electrons. The highest BCUT2D eigenvalue weighted by Crippen LogP contribution is 2.43. The minimum absolute atomic E-state index is 0.0407. The molecule has 1 aromatic rings. The van der Waals surface area contributed by atoms with Crippen molar-refractivity contribution >= 4 is 21.7 Å². The molecule has 0 radical (unpaired) electrons. The van der Waals surface area contributed by atoms with Crippen LogP contribution in [0, 0.1) is 6.92 Å². The average molecular weight is 286 g/mol. The topological polar surface area (TPSA) is 47.6 Å². The summed E-state index contributed by atoms with van der Waals surface area (Å²) in [7, 11) is 1.75. The van der Waals surface area contributed by atoms with E-state index in [4.69, 9.17) is 9.47 Å². The Labute approximate surface area is 102 Å². The number of likely N-dealkylation sites (N-methyl/N-ethyl adjacent to an activating group) is 1. The number of nitrogens with one attached hydrogen (secondary N) is 1. The number of Topliss-reactive ketones (excluding diaryl/α,β-unsaturated/α-hetero) is 1. The first-order valence-corrected chi connectivity index (χ1v) is 5.71. The van der Waals surface area contributed by atoms with E-state index in [0.29, 0.717) is 23.6 Å². The highest BCUT2D eigenvalue weighted by molar-refractivity contribution is 9.10. The smallest absolute Gasteiger partial charge is 0.231 e. The number of benzene rings is 1. The Kier molecular flexibility index (Phi) is 3.16. The highest BCUT2D eigenvalue weighted by Gasteiger charge is 2.24. The van der Waals surface area contributed by atoms with Crippen LogP contribution in [0.1, 0.15) is 15.9 Å². The SMILES string of the molecule is CNCC(=O)c1cc(Br)c2c(c1C)OCO2. The van der Waals surface area contributed by atoms with Gasteiger partial charge in [-0.2, -0.15) is 0 Å². The van der Waals surface area contributed by atoms with Crippen molar-refractivity contribution in [3.63, 3.8) is 0 Å². The third-order valence-electron chi connectivity index (χ3n) is 2.48. The zero-order valence-corrected chi connectivity index (χ0v) is 10.7. The number of ketones is 1. The van der Waals surface area contributed by atoms with E-state index in [9.17, 15) is 4.79 Å². The van der Waals surface area contributed by atoms with Gasteiger partial charge in [-0.25, -0.2) is 0 Å². The summed E-state index contributed by atoms with van der Waals surface area (Å²) < 4.78 is 11.4.